The van der Waals surface area contributed by atoms with E-state index in [9.17, 15) is 0 Å². The molecule has 0 atom stereocenters. The number of fused-ring (bicyclic) bond motifs is 1. The van der Waals surface area contributed by atoms with Crippen LogP contribution >= 0.6 is 0 Å². The first-order chi connectivity index (χ1) is 9.15. The Morgan fingerprint density at radius 3 is 2.63 bits per heavy atom. The Hall–Kier alpha value is -2.71. The summed E-state index contributed by atoms with van der Waals surface area (Å²) >= 11 is 0. The summed E-state index contributed by atoms with van der Waals surface area (Å²) in [5, 5.41) is 22.2. The van der Waals surface area contributed by atoms with Crippen molar-refractivity contribution in [3.63, 3.8) is 0 Å². The largest absolute Gasteiger partial charge is 0.383 e. The van der Waals surface area contributed by atoms with Gasteiger partial charge in [-0.2, -0.15) is 15.6 Å². The Labute approximate surface area is 109 Å². The van der Waals surface area contributed by atoms with Crippen molar-refractivity contribution in [1.82, 2.24) is 24.6 Å². The predicted molar refractivity (Wildman–Crippen MR) is 67.2 cm³/mol. The molecular formula is C11H12N8. The topological polar surface area (TPSA) is 120 Å². The lowest BCUT2D eigenvalue weighted by atomic mass is 10.3. The van der Waals surface area contributed by atoms with E-state index in [0.29, 0.717) is 29.2 Å². The Kier molecular flexibility index (Phi) is 3.55. The van der Waals surface area contributed by atoms with Crippen molar-refractivity contribution in [2.24, 2.45) is 7.05 Å². The highest BCUT2D eigenvalue weighted by Gasteiger charge is 2.12. The number of hydrogen-bond donors (Lipinski definition) is 1. The third kappa shape index (κ3) is 2.59. The first-order valence-electron chi connectivity index (χ1n) is 5.56. The van der Waals surface area contributed by atoms with Crippen molar-refractivity contribution in [3.8, 4) is 12.1 Å². The van der Waals surface area contributed by atoms with Crippen LogP contribution in [0, 0.1) is 22.7 Å². The monoisotopic (exact) mass is 256 g/mol. The van der Waals surface area contributed by atoms with Crippen LogP contribution in [0.1, 0.15) is 5.82 Å². The van der Waals surface area contributed by atoms with E-state index in [1.165, 1.54) is 0 Å². The lowest BCUT2D eigenvalue weighted by molar-refractivity contribution is 0.326. The van der Waals surface area contributed by atoms with Gasteiger partial charge >= 0.3 is 0 Å². The fraction of sp³-hybridized carbons (Fsp3) is 0.364. The maximum Gasteiger partial charge on any atom is 0.163 e. The van der Waals surface area contributed by atoms with Crippen LogP contribution in [-0.2, 0) is 13.6 Å². The molecule has 0 radical (unpaired) electrons. The Bertz CT molecular complexity index is 658. The first kappa shape index (κ1) is 12.7. The fourth-order valence-corrected chi connectivity index (χ4v) is 1.73. The second-order valence-corrected chi connectivity index (χ2v) is 3.99. The van der Waals surface area contributed by atoms with Crippen LogP contribution in [0.2, 0.25) is 0 Å². The van der Waals surface area contributed by atoms with Crippen molar-refractivity contribution in [3.05, 3.63) is 12.0 Å². The van der Waals surface area contributed by atoms with Gasteiger partial charge in [-0.05, 0) is 0 Å². The molecule has 2 aromatic heterocycles. The third-order valence-corrected chi connectivity index (χ3v) is 2.62. The molecule has 2 aromatic rings. The van der Waals surface area contributed by atoms with Crippen molar-refractivity contribution in [2.75, 3.05) is 18.8 Å². The molecule has 96 valence electrons. The van der Waals surface area contributed by atoms with E-state index in [-0.39, 0.29) is 13.1 Å². The van der Waals surface area contributed by atoms with E-state index in [2.05, 4.69) is 15.1 Å². The molecule has 2 N–H and O–H groups in total. The molecule has 0 amide bonds. The van der Waals surface area contributed by atoms with E-state index in [1.54, 1.807) is 22.8 Å². The molecule has 0 unspecified atom stereocenters. The number of nitrogen functional groups attached to an aromatic ring is 1. The van der Waals surface area contributed by atoms with Crippen LogP contribution in [-0.4, -0.2) is 37.7 Å². The van der Waals surface area contributed by atoms with Crippen LogP contribution in [0.3, 0.4) is 0 Å². The minimum atomic E-state index is 0.139. The average Bonchev–Trinajstić information content (AvgIpc) is 2.73. The van der Waals surface area contributed by atoms with Gasteiger partial charge < -0.3 is 5.73 Å². The normalized spacial score (nSPS) is 10.5. The number of rotatable bonds is 4. The zero-order valence-electron chi connectivity index (χ0n) is 10.4. The molecule has 0 bridgehead atoms. The lowest BCUT2D eigenvalue weighted by Gasteiger charge is -2.14. The number of nitrogens with zero attached hydrogens (tertiary/aromatic N) is 7. The maximum absolute atomic E-state index is 8.70. The summed E-state index contributed by atoms with van der Waals surface area (Å²) in [4.78, 5) is 10.2. The highest BCUT2D eigenvalue weighted by molar-refractivity contribution is 5.84. The fourth-order valence-electron chi connectivity index (χ4n) is 1.73. The molecular weight excluding hydrogens is 244 g/mol. The molecule has 0 aliphatic heterocycles. The number of aromatic nitrogens is 4. The molecule has 0 fully saturated rings. The van der Waals surface area contributed by atoms with Gasteiger partial charge in [0.25, 0.3) is 0 Å². The smallest absolute Gasteiger partial charge is 0.163 e. The third-order valence-electron chi connectivity index (χ3n) is 2.62. The molecule has 0 spiro atoms. The minimum absolute atomic E-state index is 0.139. The molecule has 8 heteroatoms. The predicted octanol–water partition coefficient (Wildman–Crippen LogP) is -0.205. The van der Waals surface area contributed by atoms with Crippen molar-refractivity contribution in [1.29, 1.82) is 10.5 Å². The molecule has 0 aromatic carbocycles. The van der Waals surface area contributed by atoms with Gasteiger partial charge in [0.15, 0.2) is 5.65 Å². The number of aryl methyl sites for hydroxylation is 1. The van der Waals surface area contributed by atoms with Gasteiger partial charge in [0.05, 0.1) is 43.4 Å². The molecule has 0 aliphatic carbocycles. The zero-order valence-corrected chi connectivity index (χ0v) is 10.4. The summed E-state index contributed by atoms with van der Waals surface area (Å²) in [7, 11) is 1.76. The average molecular weight is 256 g/mol. The van der Waals surface area contributed by atoms with E-state index in [1.807, 2.05) is 12.1 Å². The van der Waals surface area contributed by atoms with Crippen LogP contribution < -0.4 is 5.73 Å². The number of nitriles is 2. The second kappa shape index (κ2) is 5.29. The highest BCUT2D eigenvalue weighted by atomic mass is 15.3. The second-order valence-electron chi connectivity index (χ2n) is 3.99. The molecule has 0 aliphatic rings. The Morgan fingerprint density at radius 2 is 2.00 bits per heavy atom. The van der Waals surface area contributed by atoms with Crippen LogP contribution in [0.15, 0.2) is 6.20 Å². The van der Waals surface area contributed by atoms with Gasteiger partial charge in [0.1, 0.15) is 11.6 Å². The number of nitrogens with two attached hydrogens (primary N) is 1. The molecule has 2 rings (SSSR count). The molecule has 0 saturated carbocycles. The zero-order chi connectivity index (χ0) is 13.8. The maximum atomic E-state index is 8.70. The SMILES string of the molecule is Cn1ncc2c(N)nc(CN(CC#N)CC#N)nc21. The Balaban J connectivity index is 2.32. The van der Waals surface area contributed by atoms with Crippen molar-refractivity contribution < 1.29 is 0 Å². The summed E-state index contributed by atoms with van der Waals surface area (Å²) in [5.41, 5.74) is 6.48. The summed E-state index contributed by atoms with van der Waals surface area (Å²) in [6, 6.07) is 4.00. The number of anilines is 1. The number of hydrogen-bond acceptors (Lipinski definition) is 7. The van der Waals surface area contributed by atoms with Gasteiger partial charge in [0, 0.05) is 7.05 Å². The lowest BCUT2D eigenvalue weighted by Crippen LogP contribution is -2.25. The van der Waals surface area contributed by atoms with E-state index in [0.717, 1.165) is 0 Å². The summed E-state index contributed by atoms with van der Waals surface area (Å²) < 4.78 is 1.61. The quantitative estimate of drug-likeness (QED) is 0.751. The molecule has 19 heavy (non-hydrogen) atoms. The van der Waals surface area contributed by atoms with Crippen LogP contribution in [0.4, 0.5) is 5.82 Å². The van der Waals surface area contributed by atoms with Gasteiger partial charge in [-0.1, -0.05) is 0 Å². The molecule has 8 nitrogen and oxygen atoms in total. The summed E-state index contributed by atoms with van der Waals surface area (Å²) in [5.74, 6) is 0.820. The van der Waals surface area contributed by atoms with E-state index >= 15 is 0 Å². The van der Waals surface area contributed by atoms with Gasteiger partial charge in [-0.15, -0.1) is 0 Å². The van der Waals surface area contributed by atoms with E-state index < -0.39 is 0 Å². The summed E-state index contributed by atoms with van der Waals surface area (Å²) in [6.07, 6.45) is 1.61. The molecule has 0 saturated heterocycles. The first-order valence-corrected chi connectivity index (χ1v) is 5.56. The minimum Gasteiger partial charge on any atom is -0.383 e. The Morgan fingerprint density at radius 1 is 1.32 bits per heavy atom. The standard InChI is InChI=1S/C11H12N8/c1-18-11-8(6-15-18)10(14)16-9(17-11)7-19(4-2-12)5-3-13/h6H,4-5,7H2,1H3,(H2,14,16,17). The van der Waals surface area contributed by atoms with Crippen LogP contribution in [0.25, 0.3) is 11.0 Å². The van der Waals surface area contributed by atoms with E-state index in [4.69, 9.17) is 16.3 Å². The van der Waals surface area contributed by atoms with Crippen molar-refractivity contribution >= 4 is 16.9 Å². The molecule has 2 heterocycles. The van der Waals surface area contributed by atoms with Gasteiger partial charge in [-0.3, -0.25) is 9.58 Å². The van der Waals surface area contributed by atoms with Gasteiger partial charge in [0.2, 0.25) is 0 Å². The highest BCUT2D eigenvalue weighted by Crippen LogP contribution is 2.16. The van der Waals surface area contributed by atoms with Gasteiger partial charge in [-0.25, -0.2) is 9.97 Å². The van der Waals surface area contributed by atoms with Crippen molar-refractivity contribution in [2.45, 2.75) is 6.54 Å². The summed E-state index contributed by atoms with van der Waals surface area (Å²) in [6.45, 7) is 0.576. The van der Waals surface area contributed by atoms with Crippen LogP contribution in [0.5, 0.6) is 0 Å².